The molecule has 2 heterocycles. The fourth-order valence-electron chi connectivity index (χ4n) is 5.81. The molecule has 4 rings (SSSR count). The second-order valence-electron chi connectivity index (χ2n) is 11.9. The number of benzene rings is 1. The molecule has 1 aromatic rings. The maximum atomic E-state index is 13.2. The summed E-state index contributed by atoms with van der Waals surface area (Å²) in [7, 11) is 0. The lowest BCUT2D eigenvalue weighted by Gasteiger charge is -2.37. The summed E-state index contributed by atoms with van der Waals surface area (Å²) in [4.78, 5) is 40.0. The van der Waals surface area contributed by atoms with Crippen molar-refractivity contribution in [1.29, 1.82) is 0 Å². The molecule has 1 aromatic carbocycles. The Kier molecular flexibility index (Phi) is 12.2. The third kappa shape index (κ3) is 9.18. The lowest BCUT2D eigenvalue weighted by atomic mass is 9.85. The number of urea groups is 1. The van der Waals surface area contributed by atoms with Gasteiger partial charge >= 0.3 is 6.03 Å². The van der Waals surface area contributed by atoms with Crippen LogP contribution in [0, 0.1) is 11.8 Å². The van der Waals surface area contributed by atoms with E-state index < -0.39 is 0 Å². The van der Waals surface area contributed by atoms with Crippen molar-refractivity contribution >= 4 is 30.2 Å². The van der Waals surface area contributed by atoms with E-state index in [0.717, 1.165) is 63.8 Å². The van der Waals surface area contributed by atoms with Crippen LogP contribution in [-0.4, -0.2) is 91.7 Å². The first kappa shape index (κ1) is 32.3. The van der Waals surface area contributed by atoms with Gasteiger partial charge in [-0.3, -0.25) is 4.79 Å². The van der Waals surface area contributed by atoms with Crippen LogP contribution in [0.2, 0.25) is 0 Å². The summed E-state index contributed by atoms with van der Waals surface area (Å²) in [6.07, 6.45) is 10.6. The number of allylic oxidation sites excluding steroid dienone is 3. The maximum Gasteiger partial charge on any atom is 0.317 e. The van der Waals surface area contributed by atoms with Gasteiger partial charge in [-0.15, -0.1) is 0 Å². The normalized spacial score (nSPS) is 20.5. The molecular weight excluding hydrogens is 540 g/mol. The predicted molar refractivity (Wildman–Crippen MR) is 174 cm³/mol. The first-order valence-electron chi connectivity index (χ1n) is 16.1. The third-order valence-corrected chi connectivity index (χ3v) is 8.87. The van der Waals surface area contributed by atoms with E-state index in [0.29, 0.717) is 51.2 Å². The lowest BCUT2D eigenvalue weighted by molar-refractivity contribution is -0.137. The van der Waals surface area contributed by atoms with Crippen molar-refractivity contribution in [2.45, 2.75) is 65.7 Å². The molecule has 1 unspecified atom stereocenters. The molecule has 0 spiro atoms. The zero-order valence-corrected chi connectivity index (χ0v) is 26.4. The molecule has 1 aliphatic carbocycles. The molecule has 9 heteroatoms. The van der Waals surface area contributed by atoms with Gasteiger partial charge in [-0.05, 0) is 87.8 Å². The monoisotopic (exact) mass is 590 g/mol. The minimum absolute atomic E-state index is 0.0203. The Morgan fingerprint density at radius 3 is 2.30 bits per heavy atom. The highest BCUT2D eigenvalue weighted by Gasteiger charge is 2.30. The number of nitrogens with one attached hydrogen (secondary N) is 1. The first-order valence-corrected chi connectivity index (χ1v) is 16.1. The summed E-state index contributed by atoms with van der Waals surface area (Å²) in [5.41, 5.74) is 3.73. The van der Waals surface area contributed by atoms with Crippen LogP contribution >= 0.6 is 0 Å². The number of carbonyl (C=O) groups excluding carboxylic acids is 2. The Hall–Kier alpha value is -3.62. The summed E-state index contributed by atoms with van der Waals surface area (Å²) >= 11 is 0. The van der Waals surface area contributed by atoms with E-state index in [9.17, 15) is 9.59 Å². The van der Waals surface area contributed by atoms with Crippen LogP contribution in [0.1, 0.15) is 71.3 Å². The van der Waals surface area contributed by atoms with Crippen molar-refractivity contribution in [2.75, 3.05) is 52.4 Å². The number of hydrogen-bond donors (Lipinski definition) is 1. The highest BCUT2D eigenvalue weighted by Crippen LogP contribution is 2.32. The molecule has 0 saturated carbocycles. The molecule has 2 fully saturated rings. The van der Waals surface area contributed by atoms with E-state index in [1.165, 1.54) is 16.7 Å². The van der Waals surface area contributed by atoms with Crippen LogP contribution in [0.3, 0.4) is 0 Å². The van der Waals surface area contributed by atoms with Crippen molar-refractivity contribution in [1.82, 2.24) is 20.0 Å². The van der Waals surface area contributed by atoms with E-state index in [-0.39, 0.29) is 17.9 Å². The van der Waals surface area contributed by atoms with Crippen LogP contribution in [0.5, 0.6) is 5.75 Å². The predicted octanol–water partition coefficient (Wildman–Crippen LogP) is 5.60. The molecule has 0 bridgehead atoms. The quantitative estimate of drug-likeness (QED) is 0.300. The van der Waals surface area contributed by atoms with Crippen molar-refractivity contribution in [3.63, 3.8) is 0 Å². The highest BCUT2D eigenvalue weighted by molar-refractivity contribution is 5.85. The van der Waals surface area contributed by atoms with Crippen LogP contribution in [0.15, 0.2) is 52.1 Å². The standard InChI is InChI=1S/C34H50N6O3/c1-5-17-36-34(42)40-22-20-38(21-23-40)32(41)30-9-7-28(8-10-30)29-11-13-31(14-12-29)43-25-27-15-18-39(19-16-27)33(35-4)37-24-26(3)6-2/h7,11-14,24,27,30H,4-6,8-10,15-23,25H2,1-3H3,(H,36,42)/b26-24+,37-33?. The molecule has 9 nitrogen and oxygen atoms in total. The SMILES string of the molecule is C=NC(=N/C=C(\C)CC)N1CCC(COc2ccc(C3=CCC(C(=O)N4CCN(C(=O)NCCC)CC4)CC3)cc2)CC1. The van der Waals surface area contributed by atoms with Crippen molar-refractivity contribution in [2.24, 2.45) is 21.8 Å². The first-order chi connectivity index (χ1) is 20.9. The van der Waals surface area contributed by atoms with Gasteiger partial charge in [0.25, 0.3) is 0 Å². The number of rotatable bonds is 9. The number of likely N-dealkylation sites (tertiary alicyclic amines) is 1. The van der Waals surface area contributed by atoms with Crippen LogP contribution in [0.25, 0.3) is 5.57 Å². The van der Waals surface area contributed by atoms with Gasteiger partial charge < -0.3 is 24.8 Å². The molecule has 0 aromatic heterocycles. The van der Waals surface area contributed by atoms with Crippen molar-refractivity contribution in [3.8, 4) is 5.75 Å². The Balaban J connectivity index is 1.19. The molecule has 1 N–H and O–H groups in total. The Bertz CT molecular complexity index is 1180. The maximum absolute atomic E-state index is 13.2. The lowest BCUT2D eigenvalue weighted by Crippen LogP contribution is -2.54. The summed E-state index contributed by atoms with van der Waals surface area (Å²) in [5, 5.41) is 2.93. The van der Waals surface area contributed by atoms with Crippen LogP contribution < -0.4 is 10.1 Å². The Morgan fingerprint density at radius 1 is 1.00 bits per heavy atom. The van der Waals surface area contributed by atoms with Gasteiger partial charge in [-0.1, -0.05) is 37.6 Å². The third-order valence-electron chi connectivity index (χ3n) is 8.87. The smallest absolute Gasteiger partial charge is 0.317 e. The molecule has 3 aliphatic rings. The Morgan fingerprint density at radius 2 is 1.70 bits per heavy atom. The second-order valence-corrected chi connectivity index (χ2v) is 11.9. The second kappa shape index (κ2) is 16.3. The Labute approximate surface area is 257 Å². The van der Waals surface area contributed by atoms with Gasteiger partial charge in [0, 0.05) is 57.9 Å². The van der Waals surface area contributed by atoms with E-state index in [4.69, 9.17) is 4.74 Å². The molecule has 234 valence electrons. The number of piperazine rings is 1. The van der Waals surface area contributed by atoms with Gasteiger partial charge in [0.2, 0.25) is 11.9 Å². The van der Waals surface area contributed by atoms with E-state index >= 15 is 0 Å². The number of amides is 3. The number of aliphatic imine (C=N–C) groups is 2. The van der Waals surface area contributed by atoms with E-state index in [1.807, 2.05) is 22.9 Å². The largest absolute Gasteiger partial charge is 0.493 e. The summed E-state index contributed by atoms with van der Waals surface area (Å²) < 4.78 is 6.17. The number of carbonyl (C=O) groups is 2. The zero-order valence-electron chi connectivity index (χ0n) is 26.4. The van der Waals surface area contributed by atoms with E-state index in [1.54, 1.807) is 0 Å². The fourth-order valence-corrected chi connectivity index (χ4v) is 5.81. The molecule has 3 amide bonds. The van der Waals surface area contributed by atoms with E-state index in [2.05, 4.69) is 71.1 Å². The molecule has 0 radical (unpaired) electrons. The fraction of sp³-hybridized carbons (Fsp3) is 0.588. The highest BCUT2D eigenvalue weighted by atomic mass is 16.5. The average Bonchev–Trinajstić information content (AvgIpc) is 3.07. The summed E-state index contributed by atoms with van der Waals surface area (Å²) in [6.45, 7) is 15.6. The van der Waals surface area contributed by atoms with Gasteiger partial charge in [-0.25, -0.2) is 14.8 Å². The molecular formula is C34H50N6O3. The van der Waals surface area contributed by atoms with Gasteiger partial charge in [-0.2, -0.15) is 0 Å². The average molecular weight is 591 g/mol. The molecule has 2 aliphatic heterocycles. The van der Waals surface area contributed by atoms with Gasteiger partial charge in [0.05, 0.1) is 6.61 Å². The number of piperidine rings is 1. The summed E-state index contributed by atoms with van der Waals surface area (Å²) in [6, 6.07) is 8.38. The zero-order chi connectivity index (χ0) is 30.6. The number of nitrogens with zero attached hydrogens (tertiary/aromatic N) is 5. The minimum atomic E-state index is -0.0203. The minimum Gasteiger partial charge on any atom is -0.493 e. The number of guanidine groups is 1. The summed E-state index contributed by atoms with van der Waals surface area (Å²) in [5.74, 6) is 2.37. The van der Waals surface area contributed by atoms with Crippen LogP contribution in [-0.2, 0) is 4.79 Å². The topological polar surface area (TPSA) is 89.8 Å². The number of ether oxygens (including phenoxy) is 1. The number of hydrogen-bond acceptors (Lipinski definition) is 4. The van der Waals surface area contributed by atoms with Gasteiger partial charge in [0.15, 0.2) is 0 Å². The van der Waals surface area contributed by atoms with Crippen molar-refractivity contribution < 1.29 is 14.3 Å². The van der Waals surface area contributed by atoms with Crippen LogP contribution in [0.4, 0.5) is 4.79 Å². The molecule has 2 saturated heterocycles. The molecule has 1 atom stereocenters. The van der Waals surface area contributed by atoms with Gasteiger partial charge in [0.1, 0.15) is 5.75 Å². The van der Waals surface area contributed by atoms with Crippen molar-refractivity contribution in [3.05, 3.63) is 47.7 Å². The molecule has 43 heavy (non-hydrogen) atoms.